The molecule has 20 heavy (non-hydrogen) atoms. The van der Waals surface area contributed by atoms with Crippen molar-refractivity contribution in [3.05, 3.63) is 11.7 Å². The van der Waals surface area contributed by atoms with Crippen LogP contribution in [-0.4, -0.2) is 28.8 Å². The highest BCUT2D eigenvalue weighted by Gasteiger charge is 2.37. The number of carbonyl (C=O) groups is 1. The fourth-order valence-corrected chi connectivity index (χ4v) is 2.67. The summed E-state index contributed by atoms with van der Waals surface area (Å²) < 4.78 is 11.1. The average molecular weight is 281 g/mol. The minimum absolute atomic E-state index is 0.118. The molecule has 112 valence electrons. The zero-order valence-corrected chi connectivity index (χ0v) is 12.8. The monoisotopic (exact) mass is 281 g/mol. The van der Waals surface area contributed by atoms with Crippen LogP contribution in [0.3, 0.4) is 0 Å². The Balaban J connectivity index is 2.18. The van der Waals surface area contributed by atoms with Gasteiger partial charge in [-0.05, 0) is 26.2 Å². The summed E-state index contributed by atoms with van der Waals surface area (Å²) in [7, 11) is 0. The van der Waals surface area contributed by atoms with Gasteiger partial charge in [0.05, 0.1) is 17.6 Å². The minimum atomic E-state index is -0.639. The molecule has 0 aliphatic carbocycles. The van der Waals surface area contributed by atoms with Gasteiger partial charge in [0.25, 0.3) is 0 Å². The molecule has 1 fully saturated rings. The van der Waals surface area contributed by atoms with Crippen molar-refractivity contribution >= 4 is 5.91 Å². The van der Waals surface area contributed by atoms with E-state index in [0.29, 0.717) is 17.6 Å². The number of hydrogen-bond acceptors (Lipinski definition) is 5. The van der Waals surface area contributed by atoms with E-state index in [1.165, 1.54) is 6.92 Å². The van der Waals surface area contributed by atoms with Gasteiger partial charge in [0.1, 0.15) is 0 Å². The fourth-order valence-electron chi connectivity index (χ4n) is 2.67. The van der Waals surface area contributed by atoms with E-state index in [2.05, 4.69) is 29.3 Å². The Hall–Kier alpha value is -1.43. The minimum Gasteiger partial charge on any atom is -0.377 e. The largest absolute Gasteiger partial charge is 0.377 e. The van der Waals surface area contributed by atoms with Crippen LogP contribution in [0.2, 0.25) is 0 Å². The van der Waals surface area contributed by atoms with Gasteiger partial charge in [-0.25, -0.2) is 0 Å². The van der Waals surface area contributed by atoms with E-state index in [9.17, 15) is 4.79 Å². The molecule has 0 radical (unpaired) electrons. The Labute approximate surface area is 119 Å². The Kier molecular flexibility index (Phi) is 4.13. The molecule has 1 aromatic rings. The van der Waals surface area contributed by atoms with E-state index in [0.717, 1.165) is 13.0 Å². The smallest absolute Gasteiger partial charge is 0.232 e. The summed E-state index contributed by atoms with van der Waals surface area (Å²) in [5, 5.41) is 6.84. The first-order valence-corrected chi connectivity index (χ1v) is 7.05. The maximum absolute atomic E-state index is 11.2. The third-order valence-corrected chi connectivity index (χ3v) is 3.60. The Morgan fingerprint density at radius 3 is 2.75 bits per heavy atom. The van der Waals surface area contributed by atoms with E-state index < -0.39 is 5.54 Å². The number of hydrogen-bond donors (Lipinski definition) is 1. The van der Waals surface area contributed by atoms with Gasteiger partial charge < -0.3 is 14.6 Å². The zero-order valence-electron chi connectivity index (χ0n) is 12.8. The molecular weight excluding hydrogens is 258 g/mol. The van der Waals surface area contributed by atoms with Crippen molar-refractivity contribution in [3.63, 3.8) is 0 Å². The summed E-state index contributed by atoms with van der Waals surface area (Å²) in [6, 6.07) is 0. The second-order valence-corrected chi connectivity index (χ2v) is 6.24. The molecule has 6 nitrogen and oxygen atoms in total. The van der Waals surface area contributed by atoms with Gasteiger partial charge in [-0.15, -0.1) is 0 Å². The van der Waals surface area contributed by atoms with E-state index in [1.54, 1.807) is 0 Å². The topological polar surface area (TPSA) is 77.2 Å². The third kappa shape index (κ3) is 3.00. The van der Waals surface area contributed by atoms with Crippen LogP contribution in [0.1, 0.15) is 58.7 Å². The molecular formula is C14H23N3O3. The molecule has 6 heteroatoms. The van der Waals surface area contributed by atoms with Gasteiger partial charge in [0.15, 0.2) is 5.82 Å². The third-order valence-electron chi connectivity index (χ3n) is 3.60. The van der Waals surface area contributed by atoms with Crippen LogP contribution in [0.4, 0.5) is 0 Å². The Morgan fingerprint density at radius 2 is 2.15 bits per heavy atom. The van der Waals surface area contributed by atoms with Crippen molar-refractivity contribution in [2.45, 2.75) is 58.6 Å². The fraction of sp³-hybridized carbons (Fsp3) is 0.786. The highest BCUT2D eigenvalue weighted by molar-refractivity contribution is 5.73. The summed E-state index contributed by atoms with van der Waals surface area (Å²) in [4.78, 5) is 15.7. The van der Waals surface area contributed by atoms with Gasteiger partial charge in [-0.3, -0.25) is 4.79 Å². The van der Waals surface area contributed by atoms with Crippen LogP contribution in [0.5, 0.6) is 0 Å². The summed E-state index contributed by atoms with van der Waals surface area (Å²) in [5.74, 6) is 1.53. The van der Waals surface area contributed by atoms with Crippen molar-refractivity contribution in [1.82, 2.24) is 15.5 Å². The second kappa shape index (κ2) is 5.52. The quantitative estimate of drug-likeness (QED) is 0.913. The van der Waals surface area contributed by atoms with Crippen LogP contribution in [0, 0.1) is 5.92 Å². The van der Waals surface area contributed by atoms with Crippen molar-refractivity contribution in [3.8, 4) is 0 Å². The molecule has 2 rings (SSSR count). The maximum Gasteiger partial charge on any atom is 0.232 e. The lowest BCUT2D eigenvalue weighted by Gasteiger charge is -2.21. The number of carbonyl (C=O) groups excluding carboxylic acids is 1. The predicted octanol–water partition coefficient (Wildman–Crippen LogP) is 1.97. The molecule has 1 saturated heterocycles. The first-order valence-electron chi connectivity index (χ1n) is 7.05. The molecule has 1 amide bonds. The number of nitrogens with zero attached hydrogens (tertiary/aromatic N) is 2. The van der Waals surface area contributed by atoms with Crippen molar-refractivity contribution < 1.29 is 14.1 Å². The highest BCUT2D eigenvalue weighted by atomic mass is 16.5. The molecule has 0 spiro atoms. The molecule has 2 atom stereocenters. The molecule has 2 heterocycles. The van der Waals surface area contributed by atoms with Crippen LogP contribution < -0.4 is 5.32 Å². The number of aromatic nitrogens is 2. The summed E-state index contributed by atoms with van der Waals surface area (Å²) in [6.45, 7) is 10.2. The van der Waals surface area contributed by atoms with Gasteiger partial charge in [-0.2, -0.15) is 4.98 Å². The summed E-state index contributed by atoms with van der Waals surface area (Å²) in [5.41, 5.74) is -0.639. The SMILES string of the molecule is CC(=O)NC(C)(C)c1noc([C@H]2CCO[C@H]2C(C)C)n1. The van der Waals surface area contributed by atoms with Crippen molar-refractivity contribution in [1.29, 1.82) is 0 Å². The molecule has 1 aromatic heterocycles. The summed E-state index contributed by atoms with van der Waals surface area (Å²) >= 11 is 0. The molecule has 0 aromatic carbocycles. The molecule has 0 bridgehead atoms. The number of rotatable bonds is 4. The lowest BCUT2D eigenvalue weighted by molar-refractivity contribution is -0.120. The van der Waals surface area contributed by atoms with E-state index in [4.69, 9.17) is 9.26 Å². The Morgan fingerprint density at radius 1 is 1.45 bits per heavy atom. The molecule has 1 aliphatic rings. The number of ether oxygens (including phenoxy) is 1. The lowest BCUT2D eigenvalue weighted by Crippen LogP contribution is -2.40. The lowest BCUT2D eigenvalue weighted by atomic mass is 9.93. The normalized spacial score (nSPS) is 23.3. The first kappa shape index (κ1) is 15.0. The van der Waals surface area contributed by atoms with Crippen LogP contribution >= 0.6 is 0 Å². The van der Waals surface area contributed by atoms with Gasteiger partial charge >= 0.3 is 0 Å². The highest BCUT2D eigenvalue weighted by Crippen LogP contribution is 2.35. The van der Waals surface area contributed by atoms with Gasteiger partial charge in [0, 0.05) is 13.5 Å². The van der Waals surface area contributed by atoms with Gasteiger partial charge in [-0.1, -0.05) is 19.0 Å². The second-order valence-electron chi connectivity index (χ2n) is 6.24. The molecule has 1 N–H and O–H groups in total. The first-order chi connectivity index (χ1) is 9.31. The van der Waals surface area contributed by atoms with E-state index >= 15 is 0 Å². The average Bonchev–Trinajstić information content (AvgIpc) is 2.96. The number of amides is 1. The van der Waals surface area contributed by atoms with E-state index in [-0.39, 0.29) is 17.9 Å². The van der Waals surface area contributed by atoms with Crippen LogP contribution in [-0.2, 0) is 15.1 Å². The molecule has 0 unspecified atom stereocenters. The maximum atomic E-state index is 11.2. The summed E-state index contributed by atoms with van der Waals surface area (Å²) in [6.07, 6.45) is 1.01. The zero-order chi connectivity index (χ0) is 14.9. The standard InChI is InChI=1S/C14H23N3O3/c1-8(2)11-10(6-7-19-11)12-15-13(17-20-12)14(4,5)16-9(3)18/h8,10-11H,6-7H2,1-5H3,(H,16,18)/t10-,11-/m0/s1. The number of nitrogens with one attached hydrogen (secondary N) is 1. The van der Waals surface area contributed by atoms with Crippen LogP contribution in [0.15, 0.2) is 4.52 Å². The van der Waals surface area contributed by atoms with E-state index in [1.807, 2.05) is 13.8 Å². The molecule has 0 saturated carbocycles. The molecule has 1 aliphatic heterocycles. The van der Waals surface area contributed by atoms with Gasteiger partial charge in [0.2, 0.25) is 11.8 Å². The van der Waals surface area contributed by atoms with Crippen molar-refractivity contribution in [2.75, 3.05) is 6.61 Å². The predicted molar refractivity (Wildman–Crippen MR) is 73.1 cm³/mol. The van der Waals surface area contributed by atoms with Crippen LogP contribution in [0.25, 0.3) is 0 Å². The van der Waals surface area contributed by atoms with Crippen molar-refractivity contribution in [2.24, 2.45) is 5.92 Å². The Bertz CT molecular complexity index is 482.